The van der Waals surface area contributed by atoms with Crippen LogP contribution in [0.2, 0.25) is 0 Å². The van der Waals surface area contributed by atoms with Gasteiger partial charge in [0.15, 0.2) is 0 Å². The molecule has 6 nitrogen and oxygen atoms in total. The summed E-state index contributed by atoms with van der Waals surface area (Å²) in [5, 5.41) is 2.49. The molecule has 0 radical (unpaired) electrons. The number of ether oxygens (including phenoxy) is 1. The molecular weight excluding hydrogens is 272 g/mol. The van der Waals surface area contributed by atoms with E-state index in [1.165, 1.54) is 11.9 Å². The summed E-state index contributed by atoms with van der Waals surface area (Å²) in [6, 6.07) is 9.16. The second kappa shape index (κ2) is 5.95. The molecule has 1 saturated heterocycles. The van der Waals surface area contributed by atoms with Gasteiger partial charge in [0.05, 0.1) is 6.54 Å². The number of nitrogens with one attached hydrogen (secondary N) is 1. The summed E-state index contributed by atoms with van der Waals surface area (Å²) in [6.07, 6.45) is 0.148. The summed E-state index contributed by atoms with van der Waals surface area (Å²) in [7, 11) is 1.50. The lowest BCUT2D eigenvalue weighted by Crippen LogP contribution is -2.69. The normalized spacial score (nSPS) is 21.9. The van der Waals surface area contributed by atoms with E-state index in [0.29, 0.717) is 0 Å². The zero-order chi connectivity index (χ0) is 15.5. The first-order valence-corrected chi connectivity index (χ1v) is 6.77. The van der Waals surface area contributed by atoms with Crippen LogP contribution in [0, 0.1) is 0 Å². The third-order valence-corrected chi connectivity index (χ3v) is 3.54. The highest BCUT2D eigenvalue weighted by molar-refractivity contribution is 6.12. The van der Waals surface area contributed by atoms with E-state index in [2.05, 4.69) is 5.32 Å². The van der Waals surface area contributed by atoms with Crippen molar-refractivity contribution >= 4 is 17.8 Å². The Morgan fingerprint density at radius 2 is 2.00 bits per heavy atom. The number of carbonyl (C=O) groups is 3. The zero-order valence-corrected chi connectivity index (χ0v) is 12.1. The van der Waals surface area contributed by atoms with E-state index in [9.17, 15) is 14.4 Å². The van der Waals surface area contributed by atoms with Crippen molar-refractivity contribution in [2.45, 2.75) is 25.5 Å². The maximum atomic E-state index is 12.3. The van der Waals surface area contributed by atoms with Crippen LogP contribution in [0.25, 0.3) is 0 Å². The van der Waals surface area contributed by atoms with Crippen molar-refractivity contribution in [3.8, 4) is 0 Å². The minimum Gasteiger partial charge on any atom is -0.459 e. The predicted octanol–water partition coefficient (Wildman–Crippen LogP) is 0.467. The second-order valence-corrected chi connectivity index (χ2v) is 5.03. The minimum atomic E-state index is -1.61. The van der Waals surface area contributed by atoms with Crippen molar-refractivity contribution in [3.63, 3.8) is 0 Å². The third-order valence-electron chi connectivity index (χ3n) is 3.54. The molecule has 1 N–H and O–H groups in total. The van der Waals surface area contributed by atoms with Crippen molar-refractivity contribution < 1.29 is 19.1 Å². The number of amides is 2. The van der Waals surface area contributed by atoms with Crippen molar-refractivity contribution in [1.82, 2.24) is 10.2 Å². The van der Waals surface area contributed by atoms with Crippen LogP contribution < -0.4 is 5.32 Å². The maximum absolute atomic E-state index is 12.3. The Hall–Kier alpha value is -2.37. The number of carbonyl (C=O) groups excluding carboxylic acids is 3. The average Bonchev–Trinajstić information content (AvgIpc) is 2.49. The van der Waals surface area contributed by atoms with Gasteiger partial charge in [-0.15, -0.1) is 0 Å². The van der Waals surface area contributed by atoms with Crippen LogP contribution in [0.3, 0.4) is 0 Å². The molecule has 0 saturated carbocycles. The molecule has 1 aliphatic rings. The van der Waals surface area contributed by atoms with E-state index in [1.54, 1.807) is 6.92 Å². The lowest BCUT2D eigenvalue weighted by atomic mass is 9.92. The van der Waals surface area contributed by atoms with Gasteiger partial charge in [0, 0.05) is 7.05 Å². The molecule has 1 unspecified atom stereocenters. The van der Waals surface area contributed by atoms with Crippen LogP contribution in [-0.2, 0) is 25.7 Å². The van der Waals surface area contributed by atoms with E-state index >= 15 is 0 Å². The van der Waals surface area contributed by atoms with Crippen molar-refractivity contribution in [1.29, 1.82) is 0 Å². The van der Waals surface area contributed by atoms with Gasteiger partial charge in [-0.25, -0.2) is 4.79 Å². The summed E-state index contributed by atoms with van der Waals surface area (Å²) in [5.74, 6) is -1.53. The topological polar surface area (TPSA) is 75.7 Å². The molecule has 0 bridgehead atoms. The fourth-order valence-electron chi connectivity index (χ4n) is 2.31. The van der Waals surface area contributed by atoms with E-state index in [0.717, 1.165) is 5.56 Å². The predicted molar refractivity (Wildman–Crippen MR) is 75.0 cm³/mol. The summed E-state index contributed by atoms with van der Waals surface area (Å²) in [5.41, 5.74) is -0.793. The first kappa shape index (κ1) is 15.0. The number of esters is 1. The van der Waals surface area contributed by atoms with Gasteiger partial charge in [-0.1, -0.05) is 37.3 Å². The van der Waals surface area contributed by atoms with Crippen LogP contribution in [0.4, 0.5) is 0 Å². The van der Waals surface area contributed by atoms with E-state index in [1.807, 2.05) is 30.3 Å². The van der Waals surface area contributed by atoms with Crippen molar-refractivity contribution in [2.75, 3.05) is 13.6 Å². The highest BCUT2D eigenvalue weighted by atomic mass is 16.5. The van der Waals surface area contributed by atoms with Gasteiger partial charge >= 0.3 is 5.97 Å². The van der Waals surface area contributed by atoms with Gasteiger partial charge in [-0.2, -0.15) is 0 Å². The Morgan fingerprint density at radius 1 is 1.33 bits per heavy atom. The molecule has 1 heterocycles. The van der Waals surface area contributed by atoms with Gasteiger partial charge < -0.3 is 15.0 Å². The van der Waals surface area contributed by atoms with Gasteiger partial charge in [0.2, 0.25) is 11.4 Å². The number of hydrogen-bond acceptors (Lipinski definition) is 4. The monoisotopic (exact) mass is 290 g/mol. The van der Waals surface area contributed by atoms with Gasteiger partial charge in [0.25, 0.3) is 5.91 Å². The molecule has 1 fully saturated rings. The second-order valence-electron chi connectivity index (χ2n) is 5.03. The number of nitrogens with zero attached hydrogens (tertiary/aromatic N) is 1. The number of rotatable bonds is 4. The van der Waals surface area contributed by atoms with Gasteiger partial charge in [-0.3, -0.25) is 9.59 Å². The average molecular weight is 290 g/mol. The zero-order valence-electron chi connectivity index (χ0n) is 12.1. The summed E-state index contributed by atoms with van der Waals surface area (Å²) < 4.78 is 5.23. The Labute approximate surface area is 123 Å². The molecule has 1 aromatic carbocycles. The molecule has 0 aliphatic carbocycles. The first-order valence-electron chi connectivity index (χ1n) is 6.77. The molecule has 1 aliphatic heterocycles. The Morgan fingerprint density at radius 3 is 2.62 bits per heavy atom. The lowest BCUT2D eigenvalue weighted by Gasteiger charge is -2.37. The van der Waals surface area contributed by atoms with Crippen LogP contribution in [-0.4, -0.2) is 41.8 Å². The number of hydrogen-bond donors (Lipinski definition) is 1. The minimum absolute atomic E-state index is 0.0491. The van der Waals surface area contributed by atoms with E-state index in [4.69, 9.17) is 4.74 Å². The van der Waals surface area contributed by atoms with Crippen LogP contribution >= 0.6 is 0 Å². The molecule has 112 valence electrons. The molecule has 2 amide bonds. The van der Waals surface area contributed by atoms with Crippen LogP contribution in [0.15, 0.2) is 30.3 Å². The molecule has 0 aromatic heterocycles. The lowest BCUT2D eigenvalue weighted by molar-refractivity contribution is -0.166. The summed E-state index contributed by atoms with van der Waals surface area (Å²) in [4.78, 5) is 37.5. The largest absolute Gasteiger partial charge is 0.459 e. The molecule has 1 atom stereocenters. The molecule has 0 spiro atoms. The molecule has 2 rings (SSSR count). The molecule has 1 aromatic rings. The maximum Gasteiger partial charge on any atom is 0.342 e. The van der Waals surface area contributed by atoms with E-state index < -0.39 is 17.4 Å². The fraction of sp³-hybridized carbons (Fsp3) is 0.400. The molecule has 21 heavy (non-hydrogen) atoms. The molecular formula is C15H18N2O4. The van der Waals surface area contributed by atoms with Crippen molar-refractivity contribution in [2.24, 2.45) is 0 Å². The Kier molecular flexibility index (Phi) is 4.26. The smallest absolute Gasteiger partial charge is 0.342 e. The number of piperazine rings is 1. The van der Waals surface area contributed by atoms with Gasteiger partial charge in [0.1, 0.15) is 6.61 Å². The Bertz CT molecular complexity index is 558. The van der Waals surface area contributed by atoms with Crippen LogP contribution in [0.5, 0.6) is 0 Å². The number of likely N-dealkylation sites (N-methyl/N-ethyl adjacent to an activating group) is 1. The SMILES string of the molecule is CCC1(C(=O)OCc2ccccc2)NC(=O)CN(C)C1=O. The molecule has 6 heteroatoms. The first-order chi connectivity index (χ1) is 9.99. The summed E-state index contributed by atoms with van der Waals surface area (Å²) in [6.45, 7) is 1.68. The standard InChI is InChI=1S/C15H18N2O4/c1-3-15(13(19)17(2)9-12(18)16-15)14(20)21-10-11-7-5-4-6-8-11/h4-8H,3,9-10H2,1-2H3,(H,16,18). The third kappa shape index (κ3) is 2.89. The summed E-state index contributed by atoms with van der Waals surface area (Å²) >= 11 is 0. The fourth-order valence-corrected chi connectivity index (χ4v) is 2.31. The number of benzene rings is 1. The van der Waals surface area contributed by atoms with Gasteiger partial charge in [-0.05, 0) is 12.0 Å². The highest BCUT2D eigenvalue weighted by Gasteiger charge is 2.51. The Balaban J connectivity index is 2.14. The van der Waals surface area contributed by atoms with E-state index in [-0.39, 0.29) is 25.5 Å². The quantitative estimate of drug-likeness (QED) is 0.646. The van der Waals surface area contributed by atoms with Crippen LogP contribution in [0.1, 0.15) is 18.9 Å². The highest BCUT2D eigenvalue weighted by Crippen LogP contribution is 2.20. The van der Waals surface area contributed by atoms with Crippen molar-refractivity contribution in [3.05, 3.63) is 35.9 Å².